The summed E-state index contributed by atoms with van der Waals surface area (Å²) in [6.07, 6.45) is -0.585. The van der Waals surface area contributed by atoms with Crippen LogP contribution in [-0.4, -0.2) is 68.6 Å². The van der Waals surface area contributed by atoms with Crippen molar-refractivity contribution in [3.63, 3.8) is 0 Å². The zero-order valence-corrected chi connectivity index (χ0v) is 23.8. The van der Waals surface area contributed by atoms with Crippen LogP contribution in [0.5, 0.6) is 11.5 Å². The highest BCUT2D eigenvalue weighted by atomic mass is 16.6. The van der Waals surface area contributed by atoms with Crippen molar-refractivity contribution in [3.8, 4) is 11.5 Å². The van der Waals surface area contributed by atoms with E-state index in [1.165, 1.54) is 48.5 Å². The van der Waals surface area contributed by atoms with Gasteiger partial charge in [0.2, 0.25) is 0 Å². The minimum absolute atomic E-state index is 0.00933. The fourth-order valence-corrected chi connectivity index (χ4v) is 4.88. The first-order valence-electron chi connectivity index (χ1n) is 13.7. The average molecular weight is 619 g/mol. The van der Waals surface area contributed by atoms with Crippen LogP contribution in [0.4, 0.5) is 5.69 Å². The maximum Gasteiger partial charge on any atom is 0.343 e. The third-order valence-electron chi connectivity index (χ3n) is 6.89. The van der Waals surface area contributed by atoms with Crippen molar-refractivity contribution in [1.82, 2.24) is 4.90 Å². The lowest BCUT2D eigenvalue weighted by Crippen LogP contribution is -2.42. The number of rotatable bonds is 10. The number of aryl methyl sites for hydroxylation is 1. The number of nitrogens with zero attached hydrogens (tertiary/aromatic N) is 2. The SMILES string of the molecule is NC(N)=Nc1ccc2c(c1)CCCOc1c(cccc1C(=O)N(Cc1ccc(C(=O)O)cc1)C(CC(=O)O)CC(=O)O)OC2=O. The third kappa shape index (κ3) is 8.13. The van der Waals surface area contributed by atoms with Crippen LogP contribution in [0.15, 0.2) is 65.7 Å². The van der Waals surface area contributed by atoms with Gasteiger partial charge in [0.1, 0.15) is 0 Å². The maximum atomic E-state index is 14.2. The van der Waals surface area contributed by atoms with E-state index >= 15 is 0 Å². The van der Waals surface area contributed by atoms with E-state index in [9.17, 15) is 39.3 Å². The zero-order chi connectivity index (χ0) is 32.7. The number of aliphatic imine (C=N–C) groups is 1. The van der Waals surface area contributed by atoms with Crippen molar-refractivity contribution in [1.29, 1.82) is 0 Å². The number of nitrogens with two attached hydrogens (primary N) is 2. The summed E-state index contributed by atoms with van der Waals surface area (Å²) in [6, 6.07) is 13.2. The predicted octanol–water partition coefficient (Wildman–Crippen LogP) is 2.79. The number of carbonyl (C=O) groups excluding carboxylic acids is 2. The van der Waals surface area contributed by atoms with E-state index in [2.05, 4.69) is 4.99 Å². The normalized spacial score (nSPS) is 12.5. The summed E-state index contributed by atoms with van der Waals surface area (Å²) >= 11 is 0. The van der Waals surface area contributed by atoms with Gasteiger partial charge in [0.25, 0.3) is 5.91 Å². The average Bonchev–Trinajstić information content (AvgIpc) is 2.97. The molecule has 14 nitrogen and oxygen atoms in total. The molecule has 234 valence electrons. The lowest BCUT2D eigenvalue weighted by molar-refractivity contribution is -0.140. The van der Waals surface area contributed by atoms with E-state index in [-0.39, 0.29) is 47.3 Å². The molecule has 14 heteroatoms. The molecule has 1 amide bonds. The summed E-state index contributed by atoms with van der Waals surface area (Å²) in [4.78, 5) is 67.3. The fraction of sp³-hybridized carbons (Fsp3) is 0.226. The number of carboxylic acids is 3. The number of ether oxygens (including phenoxy) is 2. The molecule has 4 rings (SSSR count). The number of amides is 1. The van der Waals surface area contributed by atoms with Crippen molar-refractivity contribution in [2.75, 3.05) is 6.61 Å². The van der Waals surface area contributed by atoms with Crippen molar-refractivity contribution >= 4 is 41.4 Å². The number of fused-ring (bicyclic) bond motifs is 2. The highest BCUT2D eigenvalue weighted by molar-refractivity contribution is 5.99. The fourth-order valence-electron chi connectivity index (χ4n) is 4.88. The Morgan fingerprint density at radius 3 is 2.24 bits per heavy atom. The van der Waals surface area contributed by atoms with E-state index in [1.807, 2.05) is 0 Å². The number of carboxylic acid groups (broad SMARTS) is 3. The van der Waals surface area contributed by atoms with Gasteiger partial charge >= 0.3 is 23.9 Å². The largest absolute Gasteiger partial charge is 0.489 e. The van der Waals surface area contributed by atoms with Crippen LogP contribution in [-0.2, 0) is 22.6 Å². The second-order valence-electron chi connectivity index (χ2n) is 10.1. The molecule has 45 heavy (non-hydrogen) atoms. The molecule has 0 unspecified atom stereocenters. The van der Waals surface area contributed by atoms with Crippen LogP contribution < -0.4 is 20.9 Å². The Morgan fingerprint density at radius 2 is 1.62 bits per heavy atom. The molecule has 0 radical (unpaired) electrons. The molecular formula is C31H30N4O10. The van der Waals surface area contributed by atoms with Gasteiger partial charge in [-0.25, -0.2) is 14.6 Å². The van der Waals surface area contributed by atoms with Crippen molar-refractivity contribution in [2.24, 2.45) is 16.5 Å². The van der Waals surface area contributed by atoms with Crippen LogP contribution >= 0.6 is 0 Å². The highest BCUT2D eigenvalue weighted by Gasteiger charge is 2.32. The number of hydrogen-bond donors (Lipinski definition) is 5. The molecule has 3 aromatic rings. The number of carbonyl (C=O) groups is 5. The van der Waals surface area contributed by atoms with Gasteiger partial charge in [0.15, 0.2) is 17.5 Å². The molecule has 3 aromatic carbocycles. The van der Waals surface area contributed by atoms with Crippen LogP contribution in [0.2, 0.25) is 0 Å². The lowest BCUT2D eigenvalue weighted by atomic mass is 10.0. The molecule has 0 aromatic heterocycles. The van der Waals surface area contributed by atoms with Crippen molar-refractivity contribution < 1.29 is 48.8 Å². The molecular weight excluding hydrogens is 588 g/mol. The van der Waals surface area contributed by atoms with Gasteiger partial charge in [-0.3, -0.25) is 14.4 Å². The Kier molecular flexibility index (Phi) is 9.98. The molecule has 0 atom stereocenters. The Hall–Kier alpha value is -5.92. The third-order valence-corrected chi connectivity index (χ3v) is 6.89. The number of esters is 1. The number of aliphatic carboxylic acids is 2. The predicted molar refractivity (Wildman–Crippen MR) is 159 cm³/mol. The second-order valence-corrected chi connectivity index (χ2v) is 10.1. The van der Waals surface area contributed by atoms with Gasteiger partial charge in [0.05, 0.1) is 47.9 Å². The minimum atomic E-state index is -1.33. The molecule has 0 spiro atoms. The van der Waals surface area contributed by atoms with Gasteiger partial charge in [-0.15, -0.1) is 0 Å². The van der Waals surface area contributed by atoms with Crippen LogP contribution in [0.3, 0.4) is 0 Å². The van der Waals surface area contributed by atoms with E-state index < -0.39 is 48.7 Å². The molecule has 1 aliphatic rings. The zero-order valence-electron chi connectivity index (χ0n) is 23.8. The van der Waals surface area contributed by atoms with Gasteiger partial charge in [-0.05, 0) is 66.4 Å². The summed E-state index contributed by atoms with van der Waals surface area (Å²) in [5.74, 6) is -5.64. The summed E-state index contributed by atoms with van der Waals surface area (Å²) in [5, 5.41) is 28.3. The molecule has 1 aliphatic heterocycles. The number of aromatic carboxylic acids is 1. The summed E-state index contributed by atoms with van der Waals surface area (Å²) < 4.78 is 11.6. The molecule has 0 saturated carbocycles. The summed E-state index contributed by atoms with van der Waals surface area (Å²) in [5.41, 5.74) is 12.6. The van der Waals surface area contributed by atoms with Crippen LogP contribution in [0.25, 0.3) is 0 Å². The summed E-state index contributed by atoms with van der Waals surface area (Å²) in [6.45, 7) is -0.163. The summed E-state index contributed by atoms with van der Waals surface area (Å²) in [7, 11) is 0. The smallest absolute Gasteiger partial charge is 0.343 e. The molecule has 0 aliphatic carbocycles. The number of para-hydroxylation sites is 1. The van der Waals surface area contributed by atoms with E-state index in [0.29, 0.717) is 29.7 Å². The quantitative estimate of drug-likeness (QED) is 0.0955. The molecule has 1 heterocycles. The molecule has 7 N–H and O–H groups in total. The first kappa shape index (κ1) is 32.0. The minimum Gasteiger partial charge on any atom is -0.489 e. The maximum absolute atomic E-state index is 14.2. The first-order chi connectivity index (χ1) is 21.4. The highest BCUT2D eigenvalue weighted by Crippen LogP contribution is 2.35. The monoisotopic (exact) mass is 618 g/mol. The number of hydrogen-bond acceptors (Lipinski definition) is 8. The molecule has 0 saturated heterocycles. The molecule has 0 fully saturated rings. The topological polar surface area (TPSA) is 232 Å². The van der Waals surface area contributed by atoms with Crippen molar-refractivity contribution in [3.05, 3.63) is 88.5 Å². The number of guanidine groups is 1. The van der Waals surface area contributed by atoms with E-state index in [4.69, 9.17) is 20.9 Å². The van der Waals surface area contributed by atoms with Crippen LogP contribution in [0, 0.1) is 0 Å². The standard InChI is InChI=1S/C31H30N4O10/c32-31(33)34-20-10-11-22-19(13-20)3-2-12-44-27-23(4-1-5-24(27)45-30(22)43)28(40)35(21(14-25(36)37)15-26(38)39)16-17-6-8-18(9-7-17)29(41)42/h1,4-11,13,21H,2-3,12,14-16H2,(H,36,37)(H,38,39)(H,41,42)(H4,32,33,34). The molecule has 0 bridgehead atoms. The van der Waals surface area contributed by atoms with Crippen molar-refractivity contribution in [2.45, 2.75) is 38.3 Å². The lowest BCUT2D eigenvalue weighted by Gasteiger charge is -2.31. The van der Waals surface area contributed by atoms with Gasteiger partial charge in [0, 0.05) is 6.54 Å². The number of benzene rings is 3. The van der Waals surface area contributed by atoms with Gasteiger partial charge in [-0.2, -0.15) is 0 Å². The Labute approximate surface area is 256 Å². The van der Waals surface area contributed by atoms with Crippen LogP contribution in [0.1, 0.15) is 61.5 Å². The van der Waals surface area contributed by atoms with E-state index in [0.717, 1.165) is 4.90 Å². The second kappa shape index (κ2) is 14.0. The van der Waals surface area contributed by atoms with Gasteiger partial charge in [-0.1, -0.05) is 18.2 Å². The Morgan fingerprint density at radius 1 is 0.933 bits per heavy atom. The Balaban J connectivity index is 1.74. The first-order valence-corrected chi connectivity index (χ1v) is 13.7. The van der Waals surface area contributed by atoms with Gasteiger partial charge < -0.3 is 41.2 Å². The Bertz CT molecular complexity index is 1650. The van der Waals surface area contributed by atoms with E-state index in [1.54, 1.807) is 12.1 Å².